The molecule has 0 amide bonds. The number of halogens is 1. The predicted molar refractivity (Wildman–Crippen MR) is 116 cm³/mol. The first-order valence-electron chi connectivity index (χ1n) is 10.1. The molecule has 3 aliphatic heterocycles. The summed E-state index contributed by atoms with van der Waals surface area (Å²) in [6.07, 6.45) is 4.97. The van der Waals surface area contributed by atoms with Crippen molar-refractivity contribution in [3.63, 3.8) is 0 Å². The second-order valence-corrected chi connectivity index (χ2v) is 7.95. The zero-order chi connectivity index (χ0) is 17.5. The van der Waals surface area contributed by atoms with Crippen LogP contribution in [0.4, 0.5) is 0 Å². The predicted octanol–water partition coefficient (Wildman–Crippen LogP) is 2.04. The zero-order valence-electron chi connectivity index (χ0n) is 16.5. The van der Waals surface area contributed by atoms with Crippen molar-refractivity contribution in [3.05, 3.63) is 0 Å². The SMILES string of the molecule is CCNC(=NCC1CCN(CCOC)CC1)N1CCC2(CCOC2)C1.I. The molecule has 3 saturated heterocycles. The summed E-state index contributed by atoms with van der Waals surface area (Å²) >= 11 is 0. The van der Waals surface area contributed by atoms with Gasteiger partial charge in [0, 0.05) is 51.9 Å². The largest absolute Gasteiger partial charge is 0.383 e. The third kappa shape index (κ3) is 5.94. The minimum Gasteiger partial charge on any atom is -0.383 e. The molecule has 0 aromatic rings. The van der Waals surface area contributed by atoms with E-state index in [1.807, 2.05) is 0 Å². The summed E-state index contributed by atoms with van der Waals surface area (Å²) in [7, 11) is 1.78. The molecule has 1 atom stereocenters. The van der Waals surface area contributed by atoms with E-state index >= 15 is 0 Å². The van der Waals surface area contributed by atoms with E-state index in [0.29, 0.717) is 5.41 Å². The number of piperidine rings is 1. The van der Waals surface area contributed by atoms with Crippen molar-refractivity contribution in [1.82, 2.24) is 15.1 Å². The van der Waals surface area contributed by atoms with Gasteiger partial charge in [0.1, 0.15) is 0 Å². The summed E-state index contributed by atoms with van der Waals surface area (Å²) in [6, 6.07) is 0. The quantitative estimate of drug-likeness (QED) is 0.358. The monoisotopic (exact) mass is 480 g/mol. The van der Waals surface area contributed by atoms with Crippen LogP contribution in [0.25, 0.3) is 0 Å². The molecule has 3 rings (SSSR count). The van der Waals surface area contributed by atoms with E-state index in [1.165, 1.54) is 38.8 Å². The van der Waals surface area contributed by atoms with Crippen LogP contribution < -0.4 is 5.32 Å². The van der Waals surface area contributed by atoms with Crippen LogP contribution in [0, 0.1) is 11.3 Å². The van der Waals surface area contributed by atoms with Gasteiger partial charge in [0.2, 0.25) is 0 Å². The number of nitrogens with one attached hydrogen (secondary N) is 1. The molecule has 1 N–H and O–H groups in total. The van der Waals surface area contributed by atoms with E-state index in [9.17, 15) is 0 Å². The van der Waals surface area contributed by atoms with Crippen molar-refractivity contribution in [2.24, 2.45) is 16.3 Å². The van der Waals surface area contributed by atoms with Gasteiger partial charge in [0.15, 0.2) is 5.96 Å². The third-order valence-electron chi connectivity index (χ3n) is 6.08. The van der Waals surface area contributed by atoms with Gasteiger partial charge in [-0.2, -0.15) is 0 Å². The van der Waals surface area contributed by atoms with Crippen molar-refractivity contribution in [3.8, 4) is 0 Å². The first-order valence-corrected chi connectivity index (χ1v) is 10.1. The molecule has 3 aliphatic rings. The van der Waals surface area contributed by atoms with Gasteiger partial charge in [-0.1, -0.05) is 0 Å². The van der Waals surface area contributed by atoms with Gasteiger partial charge in [-0.25, -0.2) is 0 Å². The zero-order valence-corrected chi connectivity index (χ0v) is 18.9. The minimum absolute atomic E-state index is 0. The van der Waals surface area contributed by atoms with Gasteiger partial charge in [0.05, 0.1) is 13.2 Å². The Morgan fingerprint density at radius 3 is 2.73 bits per heavy atom. The van der Waals surface area contributed by atoms with E-state index in [-0.39, 0.29) is 24.0 Å². The Kier molecular flexibility index (Phi) is 9.40. The molecule has 6 nitrogen and oxygen atoms in total. The highest BCUT2D eigenvalue weighted by molar-refractivity contribution is 14.0. The highest BCUT2D eigenvalue weighted by atomic mass is 127. The van der Waals surface area contributed by atoms with Crippen LogP contribution in [0.3, 0.4) is 0 Å². The maximum atomic E-state index is 5.66. The molecule has 0 saturated carbocycles. The Morgan fingerprint density at radius 1 is 1.27 bits per heavy atom. The van der Waals surface area contributed by atoms with Crippen molar-refractivity contribution < 1.29 is 9.47 Å². The first-order chi connectivity index (χ1) is 12.2. The summed E-state index contributed by atoms with van der Waals surface area (Å²) in [5.41, 5.74) is 0.392. The summed E-state index contributed by atoms with van der Waals surface area (Å²) in [5, 5.41) is 3.52. The summed E-state index contributed by atoms with van der Waals surface area (Å²) in [5.74, 6) is 1.84. The fourth-order valence-corrected chi connectivity index (χ4v) is 4.34. The molecule has 0 radical (unpaired) electrons. The van der Waals surface area contributed by atoms with Crippen LogP contribution in [-0.4, -0.2) is 88.5 Å². The number of methoxy groups -OCH3 is 1. The van der Waals surface area contributed by atoms with Crippen molar-refractivity contribution in [2.75, 3.05) is 72.7 Å². The van der Waals surface area contributed by atoms with E-state index in [2.05, 4.69) is 22.0 Å². The molecule has 1 unspecified atom stereocenters. The second kappa shape index (κ2) is 11.0. The molecule has 1 spiro atoms. The molecule has 26 heavy (non-hydrogen) atoms. The van der Waals surface area contributed by atoms with Gasteiger partial charge in [0.25, 0.3) is 0 Å². The van der Waals surface area contributed by atoms with Crippen LogP contribution in [0.15, 0.2) is 4.99 Å². The number of hydrogen-bond acceptors (Lipinski definition) is 4. The highest BCUT2D eigenvalue weighted by Gasteiger charge is 2.42. The van der Waals surface area contributed by atoms with Gasteiger partial charge in [-0.05, 0) is 51.6 Å². The summed E-state index contributed by atoms with van der Waals surface area (Å²) in [6.45, 7) is 12.4. The Hall–Kier alpha value is -0.120. The Bertz CT molecular complexity index is 435. The lowest BCUT2D eigenvalue weighted by molar-refractivity contribution is 0.121. The van der Waals surface area contributed by atoms with Crippen LogP contribution >= 0.6 is 24.0 Å². The lowest BCUT2D eigenvalue weighted by Gasteiger charge is -2.31. The van der Waals surface area contributed by atoms with E-state index in [0.717, 1.165) is 64.4 Å². The highest BCUT2D eigenvalue weighted by Crippen LogP contribution is 2.38. The molecular formula is C19H37IN4O2. The molecule has 3 heterocycles. The van der Waals surface area contributed by atoms with Gasteiger partial charge < -0.3 is 24.6 Å². The maximum absolute atomic E-state index is 5.66. The average molecular weight is 480 g/mol. The second-order valence-electron chi connectivity index (χ2n) is 7.95. The lowest BCUT2D eigenvalue weighted by Crippen LogP contribution is -2.42. The van der Waals surface area contributed by atoms with Crippen LogP contribution in [0.5, 0.6) is 0 Å². The first kappa shape index (κ1) is 22.2. The number of likely N-dealkylation sites (tertiary alicyclic amines) is 2. The normalized spacial score (nSPS) is 27.9. The van der Waals surface area contributed by atoms with Crippen molar-refractivity contribution in [2.45, 2.75) is 32.6 Å². The van der Waals surface area contributed by atoms with Crippen molar-refractivity contribution in [1.29, 1.82) is 0 Å². The van der Waals surface area contributed by atoms with Crippen LogP contribution in [-0.2, 0) is 9.47 Å². The van der Waals surface area contributed by atoms with Crippen LogP contribution in [0.2, 0.25) is 0 Å². The number of rotatable bonds is 6. The molecule has 0 aromatic heterocycles. The maximum Gasteiger partial charge on any atom is 0.193 e. The number of aliphatic imine (C=N–C) groups is 1. The number of ether oxygens (including phenoxy) is 2. The Morgan fingerprint density at radius 2 is 2.08 bits per heavy atom. The van der Waals surface area contributed by atoms with Crippen LogP contribution in [0.1, 0.15) is 32.6 Å². The van der Waals surface area contributed by atoms with E-state index < -0.39 is 0 Å². The number of nitrogens with zero attached hydrogens (tertiary/aromatic N) is 3. The van der Waals surface area contributed by atoms with E-state index in [1.54, 1.807) is 7.11 Å². The minimum atomic E-state index is 0. The average Bonchev–Trinajstić information content (AvgIpc) is 3.28. The molecule has 3 fully saturated rings. The molecule has 7 heteroatoms. The Balaban J connectivity index is 0.00000243. The molecular weight excluding hydrogens is 443 g/mol. The van der Waals surface area contributed by atoms with E-state index in [4.69, 9.17) is 14.5 Å². The fourth-order valence-electron chi connectivity index (χ4n) is 4.34. The molecule has 0 aliphatic carbocycles. The number of guanidine groups is 1. The molecule has 0 aromatic carbocycles. The molecule has 152 valence electrons. The lowest BCUT2D eigenvalue weighted by atomic mass is 9.87. The topological polar surface area (TPSA) is 49.3 Å². The smallest absolute Gasteiger partial charge is 0.193 e. The van der Waals surface area contributed by atoms with Gasteiger partial charge in [-0.15, -0.1) is 24.0 Å². The van der Waals surface area contributed by atoms with Crippen molar-refractivity contribution >= 4 is 29.9 Å². The molecule has 0 bridgehead atoms. The standard InChI is InChI=1S/C19H36N4O2.HI/c1-3-20-18(23-10-6-19(15-23)7-12-25-16-19)21-14-17-4-8-22(9-5-17)11-13-24-2;/h17H,3-16H2,1-2H3,(H,20,21);1H. The Labute approximate surface area is 176 Å². The fraction of sp³-hybridized carbons (Fsp3) is 0.947. The number of hydrogen-bond donors (Lipinski definition) is 1. The third-order valence-corrected chi connectivity index (χ3v) is 6.08. The summed E-state index contributed by atoms with van der Waals surface area (Å²) in [4.78, 5) is 9.99. The van der Waals surface area contributed by atoms with Gasteiger partial charge in [-0.3, -0.25) is 4.99 Å². The van der Waals surface area contributed by atoms with Gasteiger partial charge >= 0.3 is 0 Å². The summed E-state index contributed by atoms with van der Waals surface area (Å²) < 4.78 is 10.9.